The number of amides is 1. The number of carboxylic acid groups (broad SMARTS) is 1. The predicted octanol–water partition coefficient (Wildman–Crippen LogP) is 3.10. The van der Waals surface area contributed by atoms with Gasteiger partial charge in [0.1, 0.15) is 0 Å². The molecule has 5 nitrogen and oxygen atoms in total. The van der Waals surface area contributed by atoms with Crippen LogP contribution in [0.5, 0.6) is 0 Å². The largest absolute Gasteiger partial charge is 0.481 e. The van der Waals surface area contributed by atoms with Gasteiger partial charge in [-0.3, -0.25) is 9.59 Å². The number of anilines is 2. The second kappa shape index (κ2) is 5.26. The van der Waals surface area contributed by atoms with Crippen molar-refractivity contribution < 1.29 is 14.7 Å². The molecule has 118 valence electrons. The molecule has 0 unspecified atom stereocenters. The molecule has 1 saturated heterocycles. The van der Waals surface area contributed by atoms with Gasteiger partial charge in [-0.1, -0.05) is 12.1 Å². The van der Waals surface area contributed by atoms with Gasteiger partial charge in [0.05, 0.1) is 0 Å². The summed E-state index contributed by atoms with van der Waals surface area (Å²) in [5, 5.41) is 13.9. The highest BCUT2D eigenvalue weighted by molar-refractivity contribution is 6.25. The Labute approximate surface area is 133 Å². The van der Waals surface area contributed by atoms with Gasteiger partial charge < -0.3 is 15.3 Å². The highest BCUT2D eigenvalue weighted by Gasteiger charge is 2.26. The van der Waals surface area contributed by atoms with Crippen LogP contribution in [0.25, 0.3) is 10.8 Å². The number of nitrogens with zero attached hydrogens (tertiary/aromatic N) is 1. The highest BCUT2D eigenvalue weighted by Crippen LogP contribution is 2.39. The number of benzene rings is 2. The topological polar surface area (TPSA) is 69.6 Å². The van der Waals surface area contributed by atoms with E-state index in [1.54, 1.807) is 0 Å². The number of carbonyl (C=O) groups excluding carboxylic acids is 1. The molecule has 0 aliphatic carbocycles. The normalized spacial score (nSPS) is 17.6. The summed E-state index contributed by atoms with van der Waals surface area (Å²) in [6.45, 7) is 1.72. The first kappa shape index (κ1) is 14.1. The zero-order chi connectivity index (χ0) is 16.0. The number of rotatable bonds is 3. The zero-order valence-corrected chi connectivity index (χ0v) is 12.7. The minimum absolute atomic E-state index is 0.0390. The highest BCUT2D eigenvalue weighted by atomic mass is 16.4. The molecule has 0 spiro atoms. The molecule has 23 heavy (non-hydrogen) atoms. The lowest BCUT2D eigenvalue weighted by atomic mass is 9.92. The first-order valence-electron chi connectivity index (χ1n) is 7.97. The number of carbonyl (C=O) groups is 2. The Morgan fingerprint density at radius 2 is 2.00 bits per heavy atom. The molecule has 0 bridgehead atoms. The van der Waals surface area contributed by atoms with Crippen LogP contribution in [0.15, 0.2) is 30.3 Å². The van der Waals surface area contributed by atoms with E-state index in [1.165, 1.54) is 0 Å². The van der Waals surface area contributed by atoms with E-state index in [1.807, 2.05) is 18.2 Å². The molecule has 2 aromatic carbocycles. The molecule has 0 aromatic heterocycles. The lowest BCUT2D eigenvalue weighted by Gasteiger charge is -2.34. The van der Waals surface area contributed by atoms with E-state index in [2.05, 4.69) is 22.3 Å². The first-order valence-corrected chi connectivity index (χ1v) is 7.97. The predicted molar refractivity (Wildman–Crippen MR) is 89.1 cm³/mol. The third kappa shape index (κ3) is 2.32. The maximum absolute atomic E-state index is 12.0. The Hall–Kier alpha value is -2.56. The number of carboxylic acids is 1. The van der Waals surface area contributed by atoms with Crippen LogP contribution in [-0.4, -0.2) is 30.1 Å². The first-order chi connectivity index (χ1) is 11.1. The van der Waals surface area contributed by atoms with Crippen molar-refractivity contribution in [2.45, 2.75) is 19.3 Å². The van der Waals surface area contributed by atoms with Crippen LogP contribution in [0.3, 0.4) is 0 Å². The molecule has 2 aliphatic rings. The molecule has 0 radical (unpaired) electrons. The average Bonchev–Trinajstić information content (AvgIpc) is 2.87. The number of hydrogen-bond donors (Lipinski definition) is 2. The van der Waals surface area contributed by atoms with Crippen molar-refractivity contribution in [2.24, 2.45) is 5.92 Å². The smallest absolute Gasteiger partial charge is 0.303 e. The van der Waals surface area contributed by atoms with Gasteiger partial charge in [0.2, 0.25) is 0 Å². The monoisotopic (exact) mass is 310 g/mol. The third-order valence-electron chi connectivity index (χ3n) is 4.93. The molecule has 0 atom stereocenters. The van der Waals surface area contributed by atoms with Gasteiger partial charge in [0.25, 0.3) is 5.91 Å². The van der Waals surface area contributed by atoms with Crippen molar-refractivity contribution in [2.75, 3.05) is 23.3 Å². The van der Waals surface area contributed by atoms with Crippen LogP contribution in [0, 0.1) is 5.92 Å². The number of nitrogens with one attached hydrogen (secondary N) is 1. The summed E-state index contributed by atoms with van der Waals surface area (Å²) >= 11 is 0. The summed E-state index contributed by atoms with van der Waals surface area (Å²) in [6.07, 6.45) is 2.05. The summed E-state index contributed by atoms with van der Waals surface area (Å²) < 4.78 is 0. The molecule has 5 heteroatoms. The van der Waals surface area contributed by atoms with Gasteiger partial charge in [-0.25, -0.2) is 0 Å². The Morgan fingerprint density at radius 3 is 2.74 bits per heavy atom. The van der Waals surface area contributed by atoms with Crippen molar-refractivity contribution in [1.82, 2.24) is 0 Å². The Balaban J connectivity index is 1.65. The van der Waals surface area contributed by atoms with Crippen LogP contribution in [0.4, 0.5) is 11.4 Å². The Kier molecular flexibility index (Phi) is 3.22. The molecule has 4 rings (SSSR count). The fourth-order valence-corrected chi connectivity index (χ4v) is 3.78. The summed E-state index contributed by atoms with van der Waals surface area (Å²) in [7, 11) is 0. The molecule has 2 N–H and O–H groups in total. The minimum atomic E-state index is -0.710. The van der Waals surface area contributed by atoms with E-state index in [0.29, 0.717) is 0 Å². The van der Waals surface area contributed by atoms with Crippen LogP contribution in [-0.2, 0) is 4.79 Å². The zero-order valence-electron chi connectivity index (χ0n) is 12.7. The van der Waals surface area contributed by atoms with Gasteiger partial charge >= 0.3 is 5.97 Å². The van der Waals surface area contributed by atoms with Gasteiger partial charge in [-0.15, -0.1) is 0 Å². The third-order valence-corrected chi connectivity index (χ3v) is 4.93. The van der Waals surface area contributed by atoms with Crippen LogP contribution < -0.4 is 10.2 Å². The van der Waals surface area contributed by atoms with Crippen molar-refractivity contribution in [3.8, 4) is 0 Å². The van der Waals surface area contributed by atoms with E-state index in [0.717, 1.165) is 53.6 Å². The van der Waals surface area contributed by atoms with Gasteiger partial charge in [-0.2, -0.15) is 0 Å². The van der Waals surface area contributed by atoms with E-state index in [-0.39, 0.29) is 18.2 Å². The second-order valence-corrected chi connectivity index (χ2v) is 6.34. The van der Waals surface area contributed by atoms with Crippen molar-refractivity contribution in [3.05, 3.63) is 35.9 Å². The van der Waals surface area contributed by atoms with E-state index in [4.69, 9.17) is 5.11 Å². The molecule has 1 fully saturated rings. The average molecular weight is 310 g/mol. The van der Waals surface area contributed by atoms with E-state index >= 15 is 0 Å². The summed E-state index contributed by atoms with van der Waals surface area (Å²) in [5.74, 6) is -0.481. The maximum Gasteiger partial charge on any atom is 0.303 e. The van der Waals surface area contributed by atoms with Crippen LogP contribution in [0.2, 0.25) is 0 Å². The van der Waals surface area contributed by atoms with Crippen LogP contribution in [0.1, 0.15) is 29.6 Å². The second-order valence-electron chi connectivity index (χ2n) is 6.34. The van der Waals surface area contributed by atoms with Crippen molar-refractivity contribution in [1.29, 1.82) is 0 Å². The number of hydrogen-bond acceptors (Lipinski definition) is 3. The van der Waals surface area contributed by atoms with E-state index in [9.17, 15) is 9.59 Å². The van der Waals surface area contributed by atoms with E-state index < -0.39 is 5.97 Å². The standard InChI is InChI=1S/C18H18N2O3/c21-16(22)10-11-6-8-20(9-7-11)15-5-4-14-17-12(15)2-1-3-13(17)18(23)19-14/h1-5,11H,6-10H2,(H,19,23)(H,21,22). The Bertz CT molecular complexity index is 807. The summed E-state index contributed by atoms with van der Waals surface area (Å²) in [4.78, 5) is 25.2. The van der Waals surface area contributed by atoms with Gasteiger partial charge in [0.15, 0.2) is 0 Å². The lowest BCUT2D eigenvalue weighted by Crippen LogP contribution is -2.34. The SMILES string of the molecule is O=C(O)CC1CCN(c2ccc3c4c(cccc24)C(=O)N3)CC1. The lowest BCUT2D eigenvalue weighted by molar-refractivity contribution is -0.138. The quantitative estimate of drug-likeness (QED) is 0.914. The van der Waals surface area contributed by atoms with Crippen molar-refractivity contribution in [3.63, 3.8) is 0 Å². The van der Waals surface area contributed by atoms with Gasteiger partial charge in [0, 0.05) is 47.2 Å². The Morgan fingerprint density at radius 1 is 1.22 bits per heavy atom. The maximum atomic E-state index is 12.0. The van der Waals surface area contributed by atoms with Gasteiger partial charge in [-0.05, 0) is 37.0 Å². The summed E-state index contributed by atoms with van der Waals surface area (Å²) in [5.41, 5.74) is 2.75. The molecule has 2 heterocycles. The fourth-order valence-electron chi connectivity index (χ4n) is 3.78. The molecular weight excluding hydrogens is 292 g/mol. The molecule has 2 aliphatic heterocycles. The molecule has 1 amide bonds. The molecule has 0 saturated carbocycles. The number of piperidine rings is 1. The van der Waals surface area contributed by atoms with Crippen LogP contribution >= 0.6 is 0 Å². The minimum Gasteiger partial charge on any atom is -0.481 e. The van der Waals surface area contributed by atoms with Crippen molar-refractivity contribution >= 4 is 34.0 Å². The molecule has 2 aromatic rings. The summed E-state index contributed by atoms with van der Waals surface area (Å²) in [6, 6.07) is 9.87. The fraction of sp³-hybridized carbons (Fsp3) is 0.333. The number of aliphatic carboxylic acids is 1. The molecular formula is C18H18N2O3.